The Kier molecular flexibility index (Phi) is 40.5. The van der Waals surface area contributed by atoms with E-state index in [0.717, 1.165) is 120 Å². The third kappa shape index (κ3) is 36.1. The Hall–Kier alpha value is -14.4. The standard InChI is InChI=1S/C14H9F3O5S.C13H5F5O5S.C10H10O2.C9H8F2O2.C9H9FO3.C9H9FO2.C8H5F3O5S.C8H7FO2/c15-14(16,17)10-3-7-12(8-4-10)23(20,21)22-11-5-1-9(2-6-11)13(18)19;14-7-8(15)10(17)12(11(18)9(7)16)24(21,22)23-6-3-1-5(2-4-6)13(19)20;1-8-4-2-3-5-9(8)6-7-10(11)12;10-7-2-1-3-8(11)6(7)4-5-9(12)13;10-7-1-3-8(4-2-7)13-6-5-9(11)12;10-8-4-2-1-3-7(8)5-6-9(11)12;9-8(10,11)17(14,15)16-6-3-1-5(2-4-6)7(12)13;1-5-2-3-7(9)6(4-5)8(10)11/h1-8H,(H,18,19);1-4H,(H,19,20);2-7H,1H3,(H,11,12);1-3H,4-5H2,(H,12,13);1-4H,5-6H2,(H,11,12);1-4H,5-6H2,(H,11,12);1-4H,(H,12,13);2-4H,1H3,(H,10,11)/p-8/b;;7-6+;;;;;. The number of aromatic carboxylic acids is 4. The van der Waals surface area contributed by atoms with Gasteiger partial charge in [-0.1, -0.05) is 66.2 Å². The number of alkyl halides is 6. The Morgan fingerprint density at radius 2 is 0.800 bits per heavy atom. The molecule has 0 aliphatic rings. The van der Waals surface area contributed by atoms with Crippen LogP contribution in [0.5, 0.6) is 23.0 Å². The van der Waals surface area contributed by atoms with Gasteiger partial charge in [-0.15, -0.1) is 0 Å². The molecule has 0 unspecified atom stereocenters. The van der Waals surface area contributed by atoms with E-state index in [1.54, 1.807) is 25.1 Å². The predicted molar refractivity (Wildman–Crippen MR) is 383 cm³/mol. The first-order valence-corrected chi connectivity index (χ1v) is 37.9. The molecule has 10 aromatic carbocycles. The van der Waals surface area contributed by atoms with Crippen molar-refractivity contribution < 1.29 is 192 Å². The van der Waals surface area contributed by atoms with Crippen LogP contribution in [-0.2, 0) is 68.6 Å². The molecule has 0 N–H and O–H groups in total. The molecule has 125 heavy (non-hydrogen) atoms. The molecular formula is C80H54F16O26S3-8. The van der Waals surface area contributed by atoms with E-state index in [1.807, 2.05) is 31.2 Å². The molecule has 0 aromatic heterocycles. The largest absolute Gasteiger partial charge is 0.550 e. The molecule has 10 aromatic rings. The van der Waals surface area contributed by atoms with Gasteiger partial charge in [-0.2, -0.15) is 51.6 Å². The maximum absolute atomic E-state index is 13.5. The lowest BCUT2D eigenvalue weighted by atomic mass is 10.1. The van der Waals surface area contributed by atoms with Gasteiger partial charge in [0.05, 0.1) is 42.0 Å². The summed E-state index contributed by atoms with van der Waals surface area (Å²) in [4.78, 5) is 79.2. The summed E-state index contributed by atoms with van der Waals surface area (Å²) in [5.41, 5.74) is -4.91. The second kappa shape index (κ2) is 48.3. The lowest BCUT2D eigenvalue weighted by Crippen LogP contribution is -2.28. The quantitative estimate of drug-likeness (QED) is 0.0158. The van der Waals surface area contributed by atoms with Gasteiger partial charge in [0.15, 0.2) is 28.2 Å². The number of hydrogen-bond donors (Lipinski definition) is 0. The molecule has 0 saturated carbocycles. The molecule has 0 bridgehead atoms. The van der Waals surface area contributed by atoms with Crippen LogP contribution in [-0.4, -0.2) is 85.1 Å². The van der Waals surface area contributed by atoms with Gasteiger partial charge in [0.25, 0.3) is 0 Å². The van der Waals surface area contributed by atoms with E-state index in [-0.39, 0.29) is 83.9 Å². The number of rotatable bonds is 24. The van der Waals surface area contributed by atoms with E-state index in [1.165, 1.54) is 54.6 Å². The van der Waals surface area contributed by atoms with E-state index in [0.29, 0.717) is 29.0 Å². The van der Waals surface area contributed by atoms with E-state index < -0.39 is 163 Å². The molecule has 0 fully saturated rings. The minimum Gasteiger partial charge on any atom is -0.550 e. The Labute approximate surface area is 696 Å². The number of carbonyl (C=O) groups excluding carboxylic acids is 8. The lowest BCUT2D eigenvalue weighted by Gasteiger charge is -2.11. The predicted octanol–water partition coefficient (Wildman–Crippen LogP) is 6.38. The first-order valence-electron chi connectivity index (χ1n) is 33.7. The van der Waals surface area contributed by atoms with Crippen LogP contribution >= 0.6 is 0 Å². The van der Waals surface area contributed by atoms with Gasteiger partial charge in [0.1, 0.15) is 57.0 Å². The first-order chi connectivity index (χ1) is 58.1. The molecule has 10 rings (SSSR count). The van der Waals surface area contributed by atoms with Crippen LogP contribution in [0.3, 0.4) is 0 Å². The fraction of sp³-hybridized carbons (Fsp3) is 0.125. The fourth-order valence-electron chi connectivity index (χ4n) is 8.52. The average Bonchev–Trinajstić information content (AvgIpc) is 0.761. The summed E-state index contributed by atoms with van der Waals surface area (Å²) in [6.07, 6.45) is -2.69. The second-order valence-electron chi connectivity index (χ2n) is 23.7. The summed E-state index contributed by atoms with van der Waals surface area (Å²) < 4.78 is 289. The number of aryl methyl sites for hydroxylation is 3. The SMILES string of the molecule is Cc1ccc(F)c(C(=O)[O-])c1.Cc1ccccc1/C=C/C(=O)[O-].O=C([O-])CCOc1ccc(F)cc1.O=C([O-])CCc1c(F)cccc1F.O=C([O-])CCc1ccccc1F.O=C([O-])c1ccc(OS(=O)(=O)C(F)(F)F)cc1.O=C([O-])c1ccc(OS(=O)(=O)c2c(F)c(F)c(F)c(F)c2F)cc1.O=C([O-])c1ccc(OS(=O)(=O)c2ccc(C(F)(F)F)cc2)cc1. The maximum atomic E-state index is 13.5. The van der Waals surface area contributed by atoms with Crippen molar-refractivity contribution in [2.24, 2.45) is 0 Å². The average molecular weight is 1830 g/mol. The Balaban J connectivity index is 0.000000375. The smallest absolute Gasteiger partial charge is 0.534 e. The number of carbonyl (C=O) groups is 8. The monoisotopic (exact) mass is 1830 g/mol. The number of ether oxygens (including phenoxy) is 1. The zero-order valence-corrected chi connectivity index (χ0v) is 65.4. The van der Waals surface area contributed by atoms with Crippen molar-refractivity contribution in [3.63, 3.8) is 0 Å². The van der Waals surface area contributed by atoms with Crippen LogP contribution in [0.15, 0.2) is 222 Å². The zero-order chi connectivity index (χ0) is 94.7. The van der Waals surface area contributed by atoms with Gasteiger partial charge in [-0.25, -0.2) is 43.9 Å². The van der Waals surface area contributed by atoms with E-state index >= 15 is 0 Å². The van der Waals surface area contributed by atoms with Crippen molar-refractivity contribution in [2.45, 2.75) is 67.4 Å². The maximum Gasteiger partial charge on any atom is 0.534 e. The van der Waals surface area contributed by atoms with Gasteiger partial charge in [0.2, 0.25) is 5.82 Å². The normalized spacial score (nSPS) is 10.9. The van der Waals surface area contributed by atoms with Crippen molar-refractivity contribution in [1.82, 2.24) is 0 Å². The summed E-state index contributed by atoms with van der Waals surface area (Å²) in [6, 6.07) is 39.9. The highest BCUT2D eigenvalue weighted by molar-refractivity contribution is 7.88. The van der Waals surface area contributed by atoms with Crippen molar-refractivity contribution >= 4 is 84.2 Å². The molecule has 45 heteroatoms. The van der Waals surface area contributed by atoms with Crippen LogP contribution in [0.1, 0.15) is 94.1 Å². The van der Waals surface area contributed by atoms with Crippen molar-refractivity contribution in [2.75, 3.05) is 6.61 Å². The Bertz CT molecular complexity index is 5760. The molecule has 0 aliphatic heterocycles. The summed E-state index contributed by atoms with van der Waals surface area (Å²) in [7, 11) is -15.5. The summed E-state index contributed by atoms with van der Waals surface area (Å²) in [5.74, 6) is -27.4. The molecule has 0 heterocycles. The fourth-order valence-corrected chi connectivity index (χ4v) is 11.0. The van der Waals surface area contributed by atoms with Crippen molar-refractivity contribution in [3.05, 3.63) is 326 Å². The molecule has 0 amide bonds. The van der Waals surface area contributed by atoms with Gasteiger partial charge >= 0.3 is 42.0 Å². The number of benzene rings is 10. The van der Waals surface area contributed by atoms with Crippen LogP contribution < -0.4 is 58.1 Å². The Morgan fingerprint density at radius 1 is 0.392 bits per heavy atom. The molecular weight excluding hydrogens is 1780 g/mol. The lowest BCUT2D eigenvalue weighted by molar-refractivity contribution is -0.307. The second-order valence-corrected chi connectivity index (χ2v) is 28.2. The Morgan fingerprint density at radius 3 is 1.21 bits per heavy atom. The third-order valence-electron chi connectivity index (χ3n) is 14.6. The van der Waals surface area contributed by atoms with Crippen molar-refractivity contribution in [1.29, 1.82) is 0 Å². The van der Waals surface area contributed by atoms with Crippen LogP contribution in [0.4, 0.5) is 70.2 Å². The molecule has 0 atom stereocenters. The summed E-state index contributed by atoms with van der Waals surface area (Å²) in [5, 5.41) is 81.8. The first kappa shape index (κ1) is 105. The van der Waals surface area contributed by atoms with Crippen LogP contribution in [0.25, 0.3) is 6.08 Å². The third-order valence-corrected chi connectivity index (χ3v) is 18.1. The van der Waals surface area contributed by atoms with Crippen LogP contribution in [0.2, 0.25) is 0 Å². The van der Waals surface area contributed by atoms with Gasteiger partial charge in [-0.3, -0.25) is 0 Å². The molecule has 0 spiro atoms. The minimum atomic E-state index is -5.75. The van der Waals surface area contributed by atoms with Gasteiger partial charge < -0.3 is 96.5 Å². The van der Waals surface area contributed by atoms with E-state index in [4.69, 9.17) is 8.92 Å². The van der Waals surface area contributed by atoms with Crippen molar-refractivity contribution in [3.8, 4) is 23.0 Å². The van der Waals surface area contributed by atoms with Gasteiger partial charge in [0, 0.05) is 35.5 Å². The minimum absolute atomic E-state index is 0.0357. The number of halogens is 16. The molecule has 668 valence electrons. The number of hydrogen-bond acceptors (Lipinski definition) is 26. The molecule has 0 radical (unpaired) electrons. The highest BCUT2D eigenvalue weighted by Gasteiger charge is 2.48. The van der Waals surface area contributed by atoms with Crippen LogP contribution in [0, 0.1) is 72.0 Å². The number of carboxylic acids is 8. The van der Waals surface area contributed by atoms with E-state index in [9.17, 15) is 175 Å². The highest BCUT2D eigenvalue weighted by Crippen LogP contribution is 2.33. The topological polar surface area (TPSA) is 460 Å². The number of aliphatic carboxylic acids is 4. The summed E-state index contributed by atoms with van der Waals surface area (Å²) in [6.45, 7) is 3.65. The summed E-state index contributed by atoms with van der Waals surface area (Å²) >= 11 is 0. The molecule has 0 saturated heterocycles. The molecule has 26 nitrogen and oxygen atoms in total. The highest BCUT2D eigenvalue weighted by atomic mass is 32.2. The van der Waals surface area contributed by atoms with E-state index in [2.05, 4.69) is 8.37 Å². The van der Waals surface area contributed by atoms with Gasteiger partial charge in [-0.05, 0) is 231 Å². The number of carboxylic acid groups (broad SMARTS) is 8. The molecule has 0 aliphatic carbocycles. The zero-order valence-electron chi connectivity index (χ0n) is 62.9.